The Balaban J connectivity index is 3.34. The van der Waals surface area contributed by atoms with Gasteiger partial charge in [0.05, 0.1) is 47.1 Å². The lowest BCUT2D eigenvalue weighted by Crippen LogP contribution is -2.43. The van der Waals surface area contributed by atoms with Crippen LogP contribution in [0, 0.1) is 0 Å². The van der Waals surface area contributed by atoms with Crippen molar-refractivity contribution in [2.75, 3.05) is 59.5 Å². The second kappa shape index (κ2) is 16.0. The van der Waals surface area contributed by atoms with Crippen LogP contribution in [0.15, 0.2) is 0 Å². The molecule has 134 valence electrons. The lowest BCUT2D eigenvalue weighted by molar-refractivity contribution is -0.891. The summed E-state index contributed by atoms with van der Waals surface area (Å²) in [7, 11) is 4.60. The maximum atomic E-state index is 5.61. The molecule has 0 heterocycles. The molecule has 0 aliphatic carbocycles. The first kappa shape index (κ1) is 22.2. The molecular weight excluding hydrogens is 298 g/mol. The van der Waals surface area contributed by atoms with E-state index in [9.17, 15) is 0 Å². The summed E-state index contributed by atoms with van der Waals surface area (Å²) in [4.78, 5) is 0. The van der Waals surface area contributed by atoms with Crippen molar-refractivity contribution in [1.82, 2.24) is 0 Å². The number of nitrogens with zero attached hydrogens (tertiary/aromatic N) is 1. The summed E-state index contributed by atoms with van der Waals surface area (Å²) in [5, 5.41) is 0. The molecule has 0 spiro atoms. The van der Waals surface area contributed by atoms with E-state index in [1.807, 2.05) is 0 Å². The zero-order valence-corrected chi connectivity index (χ0v) is 16.0. The molecule has 0 aliphatic rings. The van der Waals surface area contributed by atoms with Crippen molar-refractivity contribution in [3.8, 4) is 0 Å². The van der Waals surface area contributed by atoms with Crippen molar-refractivity contribution in [2.24, 2.45) is 0 Å². The van der Waals surface area contributed by atoms with Gasteiger partial charge >= 0.3 is 0 Å². The first-order valence-electron chi connectivity index (χ1n) is 9.16. The number of halogens is 1. The van der Waals surface area contributed by atoms with Gasteiger partial charge in [-0.25, -0.2) is 0 Å². The molecule has 0 aromatic heterocycles. The average Bonchev–Trinajstić information content (AvgIpc) is 2.49. The molecule has 0 aromatic rings. The van der Waals surface area contributed by atoms with Gasteiger partial charge in [-0.05, 0) is 12.8 Å². The fraction of sp³-hybridized carbons (Fsp3) is 1.00. The molecule has 0 saturated heterocycles. The van der Waals surface area contributed by atoms with Crippen LogP contribution < -0.4 is 0 Å². The number of quaternary nitrogens is 1. The highest BCUT2D eigenvalue weighted by molar-refractivity contribution is 6.17. The molecule has 0 rings (SSSR count). The van der Waals surface area contributed by atoms with Gasteiger partial charge < -0.3 is 14.0 Å². The largest absolute Gasteiger partial charge is 0.378 e. The highest BCUT2D eigenvalue weighted by Gasteiger charge is 2.13. The molecular formula is C18H39ClNO2+. The second-order valence-electron chi connectivity index (χ2n) is 6.77. The van der Waals surface area contributed by atoms with Gasteiger partial charge in [0.2, 0.25) is 0 Å². The van der Waals surface area contributed by atoms with E-state index in [2.05, 4.69) is 21.0 Å². The Hall–Kier alpha value is 0.170. The Labute approximate surface area is 143 Å². The van der Waals surface area contributed by atoms with E-state index < -0.39 is 0 Å². The van der Waals surface area contributed by atoms with Crippen LogP contribution >= 0.6 is 11.6 Å². The smallest absolute Gasteiger partial charge is 0.102 e. The van der Waals surface area contributed by atoms with E-state index >= 15 is 0 Å². The summed E-state index contributed by atoms with van der Waals surface area (Å²) in [5.41, 5.74) is 0. The number of alkyl halides is 1. The van der Waals surface area contributed by atoms with E-state index in [-0.39, 0.29) is 0 Å². The molecule has 0 atom stereocenters. The molecule has 0 amide bonds. The summed E-state index contributed by atoms with van der Waals surface area (Å²) >= 11 is 5.54. The van der Waals surface area contributed by atoms with Crippen LogP contribution in [0.4, 0.5) is 0 Å². The van der Waals surface area contributed by atoms with Crippen LogP contribution in [0.25, 0.3) is 0 Å². The average molecular weight is 337 g/mol. The van der Waals surface area contributed by atoms with Gasteiger partial charge in [0.1, 0.15) is 6.54 Å². The SMILES string of the molecule is CCCCCCCCCC[N+](C)(C)CCOCCOCCCl. The van der Waals surface area contributed by atoms with Crippen LogP contribution in [0.5, 0.6) is 0 Å². The van der Waals surface area contributed by atoms with Crippen LogP contribution in [0.1, 0.15) is 58.3 Å². The van der Waals surface area contributed by atoms with Crippen molar-refractivity contribution < 1.29 is 14.0 Å². The quantitative estimate of drug-likeness (QED) is 0.221. The highest BCUT2D eigenvalue weighted by atomic mass is 35.5. The Morgan fingerprint density at radius 3 is 1.82 bits per heavy atom. The summed E-state index contributed by atoms with van der Waals surface area (Å²) in [6, 6.07) is 0. The van der Waals surface area contributed by atoms with Gasteiger partial charge in [0.25, 0.3) is 0 Å². The van der Waals surface area contributed by atoms with Gasteiger partial charge in [-0.3, -0.25) is 0 Å². The van der Waals surface area contributed by atoms with Crippen LogP contribution in [0.2, 0.25) is 0 Å². The summed E-state index contributed by atoms with van der Waals surface area (Å²) < 4.78 is 11.9. The van der Waals surface area contributed by atoms with E-state index in [1.165, 1.54) is 57.9 Å². The molecule has 0 saturated carbocycles. The van der Waals surface area contributed by atoms with Crippen molar-refractivity contribution in [1.29, 1.82) is 0 Å². The number of likely N-dealkylation sites (N-methyl/N-ethyl adjacent to an activating group) is 1. The first-order valence-corrected chi connectivity index (χ1v) is 9.69. The standard InChI is InChI=1S/C18H39ClNO2/c1-4-5-6-7-8-9-10-11-13-20(2,3)14-16-22-18-17-21-15-12-19/h4-18H2,1-3H3/q+1. The second-order valence-corrected chi connectivity index (χ2v) is 7.15. The third-order valence-electron chi connectivity index (χ3n) is 4.05. The minimum atomic E-state index is 0.558. The minimum Gasteiger partial charge on any atom is -0.378 e. The number of rotatable bonds is 17. The monoisotopic (exact) mass is 336 g/mol. The zero-order valence-electron chi connectivity index (χ0n) is 15.2. The Morgan fingerprint density at radius 1 is 0.682 bits per heavy atom. The van der Waals surface area contributed by atoms with Crippen molar-refractivity contribution in [2.45, 2.75) is 58.3 Å². The van der Waals surface area contributed by atoms with Crippen LogP contribution in [-0.4, -0.2) is 64.0 Å². The Morgan fingerprint density at radius 2 is 1.23 bits per heavy atom. The predicted molar refractivity (Wildman–Crippen MR) is 96.8 cm³/mol. The van der Waals surface area contributed by atoms with Gasteiger partial charge in [-0.1, -0.05) is 45.4 Å². The number of unbranched alkanes of at least 4 members (excludes halogenated alkanes) is 7. The summed E-state index contributed by atoms with van der Waals surface area (Å²) in [6.07, 6.45) is 11.1. The van der Waals surface area contributed by atoms with Gasteiger partial charge in [0, 0.05) is 5.88 Å². The van der Waals surface area contributed by atoms with Crippen LogP contribution in [0.3, 0.4) is 0 Å². The third-order valence-corrected chi connectivity index (χ3v) is 4.21. The maximum Gasteiger partial charge on any atom is 0.102 e. The van der Waals surface area contributed by atoms with Crippen molar-refractivity contribution >= 4 is 11.6 Å². The zero-order chi connectivity index (χ0) is 16.5. The van der Waals surface area contributed by atoms with E-state index in [4.69, 9.17) is 21.1 Å². The minimum absolute atomic E-state index is 0.558. The Kier molecular flexibility index (Phi) is 16.2. The van der Waals surface area contributed by atoms with Gasteiger partial charge in [-0.2, -0.15) is 0 Å². The van der Waals surface area contributed by atoms with E-state index in [0.717, 1.165) is 17.6 Å². The molecule has 0 N–H and O–H groups in total. The predicted octanol–water partition coefficient (Wildman–Crippen LogP) is 4.48. The Bertz CT molecular complexity index is 225. The molecule has 4 heteroatoms. The van der Waals surface area contributed by atoms with Crippen molar-refractivity contribution in [3.05, 3.63) is 0 Å². The third kappa shape index (κ3) is 16.5. The summed E-state index contributed by atoms with van der Waals surface area (Å²) in [6.45, 7) is 7.36. The highest BCUT2D eigenvalue weighted by Crippen LogP contribution is 2.10. The van der Waals surface area contributed by atoms with Crippen LogP contribution in [-0.2, 0) is 9.47 Å². The molecule has 0 unspecified atom stereocenters. The van der Waals surface area contributed by atoms with E-state index in [1.54, 1.807) is 0 Å². The molecule has 0 aromatic carbocycles. The number of ether oxygens (including phenoxy) is 2. The molecule has 0 bridgehead atoms. The molecule has 0 radical (unpaired) electrons. The molecule has 3 nitrogen and oxygen atoms in total. The summed E-state index contributed by atoms with van der Waals surface area (Å²) in [5.74, 6) is 0.558. The maximum absolute atomic E-state index is 5.61. The van der Waals surface area contributed by atoms with Crippen molar-refractivity contribution in [3.63, 3.8) is 0 Å². The lowest BCUT2D eigenvalue weighted by Gasteiger charge is -2.29. The fourth-order valence-electron chi connectivity index (χ4n) is 2.47. The van der Waals surface area contributed by atoms with Gasteiger partial charge in [0.15, 0.2) is 0 Å². The topological polar surface area (TPSA) is 18.5 Å². The normalized spacial score (nSPS) is 12.0. The molecule has 22 heavy (non-hydrogen) atoms. The number of hydrogen-bond donors (Lipinski definition) is 0. The van der Waals surface area contributed by atoms with E-state index in [0.29, 0.717) is 25.7 Å². The molecule has 0 fully saturated rings. The fourth-order valence-corrected chi connectivity index (χ4v) is 2.58. The van der Waals surface area contributed by atoms with Gasteiger partial charge in [-0.15, -0.1) is 11.6 Å². The number of hydrogen-bond acceptors (Lipinski definition) is 2. The molecule has 0 aliphatic heterocycles. The lowest BCUT2D eigenvalue weighted by atomic mass is 10.1. The first-order chi connectivity index (χ1) is 10.6.